The summed E-state index contributed by atoms with van der Waals surface area (Å²) in [4.78, 5) is 12.5. The molecule has 2 aromatic carbocycles. The summed E-state index contributed by atoms with van der Waals surface area (Å²) < 4.78 is -0.893. The van der Waals surface area contributed by atoms with Gasteiger partial charge in [0, 0.05) is 14.8 Å². The molecule has 0 radical (unpaired) electrons. The van der Waals surface area contributed by atoms with Crippen LogP contribution in [0.25, 0.3) is 0 Å². The highest BCUT2D eigenvalue weighted by Crippen LogP contribution is 2.29. The summed E-state index contributed by atoms with van der Waals surface area (Å²) in [6, 6.07) is 13.0. The Balaban J connectivity index is 2.11. The molecular formula is C18H17Cl3IN3OS. The van der Waals surface area contributed by atoms with Crippen LogP contribution >= 0.6 is 69.6 Å². The number of halogens is 4. The van der Waals surface area contributed by atoms with Crippen molar-refractivity contribution in [3.8, 4) is 0 Å². The van der Waals surface area contributed by atoms with E-state index in [2.05, 4.69) is 38.5 Å². The number of amides is 1. The van der Waals surface area contributed by atoms with Crippen molar-refractivity contribution in [3.63, 3.8) is 0 Å². The molecule has 0 unspecified atom stereocenters. The zero-order valence-corrected chi connectivity index (χ0v) is 19.7. The van der Waals surface area contributed by atoms with Crippen LogP contribution in [0.4, 0.5) is 5.69 Å². The molecule has 1 amide bonds. The van der Waals surface area contributed by atoms with Crippen LogP contribution in [-0.2, 0) is 0 Å². The van der Waals surface area contributed by atoms with Gasteiger partial charge in [-0.3, -0.25) is 4.79 Å². The highest BCUT2D eigenvalue weighted by atomic mass is 127. The van der Waals surface area contributed by atoms with Gasteiger partial charge in [0.2, 0.25) is 3.79 Å². The van der Waals surface area contributed by atoms with Gasteiger partial charge in [-0.25, -0.2) is 0 Å². The number of thiocarbonyl (C=S) groups is 1. The first-order chi connectivity index (χ1) is 12.6. The number of rotatable bonds is 4. The zero-order valence-electron chi connectivity index (χ0n) is 14.4. The smallest absolute Gasteiger partial charge is 0.253 e. The zero-order chi connectivity index (χ0) is 20.2. The molecule has 0 aliphatic rings. The Labute approximate surface area is 192 Å². The number of aryl methyl sites for hydroxylation is 2. The second kappa shape index (κ2) is 9.60. The summed E-state index contributed by atoms with van der Waals surface area (Å²) in [6.07, 6.45) is -1.03. The molecule has 27 heavy (non-hydrogen) atoms. The van der Waals surface area contributed by atoms with E-state index in [1.807, 2.05) is 38.1 Å². The summed E-state index contributed by atoms with van der Waals surface area (Å²) in [5.41, 5.74) is 3.38. The van der Waals surface area contributed by atoms with E-state index in [1.165, 1.54) is 0 Å². The fourth-order valence-electron chi connectivity index (χ4n) is 2.20. The highest BCUT2D eigenvalue weighted by Gasteiger charge is 2.35. The monoisotopic (exact) mass is 555 g/mol. The van der Waals surface area contributed by atoms with Crippen LogP contribution in [0, 0.1) is 17.4 Å². The van der Waals surface area contributed by atoms with Crippen molar-refractivity contribution in [2.45, 2.75) is 23.8 Å². The van der Waals surface area contributed by atoms with Crippen LogP contribution in [0.3, 0.4) is 0 Å². The second-order valence-corrected chi connectivity index (χ2v) is 9.90. The Morgan fingerprint density at radius 1 is 1.11 bits per heavy atom. The fourth-order valence-corrected chi connectivity index (χ4v) is 3.30. The van der Waals surface area contributed by atoms with Gasteiger partial charge in [-0.15, -0.1) is 0 Å². The molecule has 2 aromatic rings. The van der Waals surface area contributed by atoms with E-state index in [1.54, 1.807) is 18.2 Å². The predicted molar refractivity (Wildman–Crippen MR) is 126 cm³/mol. The molecule has 0 saturated heterocycles. The minimum Gasteiger partial charge on any atom is -0.339 e. The number of carbonyl (C=O) groups excluding carboxylic acids is 1. The molecule has 2 rings (SSSR count). The molecule has 9 heteroatoms. The van der Waals surface area contributed by atoms with Crippen molar-refractivity contribution in [1.29, 1.82) is 0 Å². The van der Waals surface area contributed by atoms with Gasteiger partial charge >= 0.3 is 0 Å². The summed E-state index contributed by atoms with van der Waals surface area (Å²) in [5.74, 6) is -0.383. The van der Waals surface area contributed by atoms with E-state index in [-0.39, 0.29) is 11.0 Å². The first-order valence-electron chi connectivity index (χ1n) is 7.84. The van der Waals surface area contributed by atoms with Crippen molar-refractivity contribution < 1.29 is 4.79 Å². The number of alkyl halides is 3. The maximum absolute atomic E-state index is 12.5. The minimum absolute atomic E-state index is 0.225. The van der Waals surface area contributed by atoms with E-state index >= 15 is 0 Å². The lowest BCUT2D eigenvalue weighted by atomic mass is 10.1. The summed E-state index contributed by atoms with van der Waals surface area (Å²) in [7, 11) is 0. The second-order valence-electron chi connectivity index (χ2n) is 5.88. The highest BCUT2D eigenvalue weighted by molar-refractivity contribution is 14.1. The van der Waals surface area contributed by atoms with Crippen molar-refractivity contribution in [2.75, 3.05) is 5.32 Å². The molecule has 0 saturated carbocycles. The third-order valence-electron chi connectivity index (χ3n) is 3.61. The molecule has 0 aromatic heterocycles. The van der Waals surface area contributed by atoms with Gasteiger partial charge in [0.25, 0.3) is 5.91 Å². The van der Waals surface area contributed by atoms with Crippen LogP contribution in [-0.4, -0.2) is 21.0 Å². The lowest BCUT2D eigenvalue weighted by molar-refractivity contribution is 0.0934. The number of anilines is 1. The normalized spacial score (nSPS) is 12.2. The fraction of sp³-hybridized carbons (Fsp3) is 0.222. The summed E-state index contributed by atoms with van der Waals surface area (Å²) in [6.45, 7) is 3.93. The van der Waals surface area contributed by atoms with Crippen LogP contribution in [0.2, 0.25) is 0 Å². The third-order valence-corrected chi connectivity index (χ3v) is 5.15. The first kappa shape index (κ1) is 22.5. The Morgan fingerprint density at radius 3 is 2.44 bits per heavy atom. The summed E-state index contributed by atoms with van der Waals surface area (Å²) >= 11 is 25.5. The van der Waals surface area contributed by atoms with Crippen molar-refractivity contribution in [3.05, 3.63) is 62.7 Å². The first-order valence-corrected chi connectivity index (χ1v) is 10.5. The van der Waals surface area contributed by atoms with Gasteiger partial charge in [-0.2, -0.15) is 0 Å². The number of nitrogens with one attached hydrogen (secondary N) is 3. The van der Waals surface area contributed by atoms with Crippen LogP contribution < -0.4 is 16.0 Å². The van der Waals surface area contributed by atoms with Crippen molar-refractivity contribution in [1.82, 2.24) is 10.6 Å². The standard InChI is InChI=1S/C18H17Cl3IN3OS/c1-10-6-7-11(2)14(8-10)23-17(27)25-16(18(19,20)21)24-15(26)12-4-3-5-13(22)9-12/h3-9,16H,1-2H3,(H,24,26)(H2,23,25,27)/t16-/m1/s1. The topological polar surface area (TPSA) is 53.2 Å². The average Bonchev–Trinajstić information content (AvgIpc) is 2.56. The summed E-state index contributed by atoms with van der Waals surface area (Å²) in [5, 5.41) is 8.82. The Morgan fingerprint density at radius 2 is 1.81 bits per heavy atom. The van der Waals surface area contributed by atoms with Crippen LogP contribution in [0.1, 0.15) is 21.5 Å². The molecule has 4 nitrogen and oxygen atoms in total. The van der Waals surface area contributed by atoms with Gasteiger partial charge in [0.05, 0.1) is 0 Å². The average molecular weight is 557 g/mol. The van der Waals surface area contributed by atoms with Gasteiger partial charge in [0.15, 0.2) is 5.11 Å². The van der Waals surface area contributed by atoms with Crippen molar-refractivity contribution in [2.24, 2.45) is 0 Å². The Hall–Kier alpha value is -0.800. The molecule has 0 spiro atoms. The lowest BCUT2D eigenvalue weighted by Gasteiger charge is -2.28. The van der Waals surface area contributed by atoms with Gasteiger partial charge < -0.3 is 16.0 Å². The maximum atomic E-state index is 12.5. The van der Waals surface area contributed by atoms with Gasteiger partial charge in [0.1, 0.15) is 6.17 Å². The quantitative estimate of drug-likeness (QED) is 0.207. The lowest BCUT2D eigenvalue weighted by Crippen LogP contribution is -2.56. The largest absolute Gasteiger partial charge is 0.339 e. The molecule has 0 bridgehead atoms. The Bertz CT molecular complexity index is 858. The Kier molecular flexibility index (Phi) is 8.00. The number of hydrogen-bond donors (Lipinski definition) is 3. The molecule has 0 aliphatic heterocycles. The van der Waals surface area contributed by atoms with Crippen LogP contribution in [0.5, 0.6) is 0 Å². The van der Waals surface area contributed by atoms with Crippen molar-refractivity contribution >= 4 is 86.3 Å². The number of hydrogen-bond acceptors (Lipinski definition) is 2. The maximum Gasteiger partial charge on any atom is 0.253 e. The minimum atomic E-state index is -1.81. The van der Waals surface area contributed by atoms with Gasteiger partial charge in [-0.1, -0.05) is 53.0 Å². The SMILES string of the molecule is Cc1ccc(C)c(NC(=S)N[C@@H](NC(=O)c2cccc(I)c2)C(Cl)(Cl)Cl)c1. The molecule has 3 N–H and O–H groups in total. The van der Waals surface area contributed by atoms with E-state index in [9.17, 15) is 4.79 Å². The molecule has 0 heterocycles. The van der Waals surface area contributed by atoms with E-state index < -0.39 is 9.96 Å². The van der Waals surface area contributed by atoms with E-state index in [0.717, 1.165) is 20.4 Å². The molecule has 144 valence electrons. The third kappa shape index (κ3) is 6.94. The van der Waals surface area contributed by atoms with E-state index in [4.69, 9.17) is 47.0 Å². The number of carbonyl (C=O) groups is 1. The van der Waals surface area contributed by atoms with Crippen LogP contribution in [0.15, 0.2) is 42.5 Å². The molecule has 0 fully saturated rings. The molecular weight excluding hydrogens is 540 g/mol. The van der Waals surface area contributed by atoms with E-state index in [0.29, 0.717) is 5.56 Å². The van der Waals surface area contributed by atoms with Gasteiger partial charge in [-0.05, 0) is 84.0 Å². The number of benzene rings is 2. The predicted octanol–water partition coefficient (Wildman–Crippen LogP) is 5.32. The molecule has 1 atom stereocenters. The molecule has 0 aliphatic carbocycles.